The first-order valence-corrected chi connectivity index (χ1v) is 13.6. The van der Waals surface area contributed by atoms with Crippen LogP contribution in [0.5, 0.6) is 0 Å². The van der Waals surface area contributed by atoms with E-state index in [2.05, 4.69) is 10.2 Å². The topological polar surface area (TPSA) is 118 Å². The molecule has 10 nitrogen and oxygen atoms in total. The van der Waals surface area contributed by atoms with Gasteiger partial charge in [-0.3, -0.25) is 4.79 Å². The van der Waals surface area contributed by atoms with Crippen molar-refractivity contribution in [1.82, 2.24) is 24.8 Å². The van der Waals surface area contributed by atoms with Gasteiger partial charge in [0.2, 0.25) is 5.91 Å². The Hall–Kier alpha value is -3.66. The summed E-state index contributed by atoms with van der Waals surface area (Å²) in [7, 11) is 1.79. The average molecular weight is 534 g/mol. The molecule has 3 N–H and O–H groups in total. The number of carbonyl (C=O) groups excluding carboxylic acids is 2. The van der Waals surface area contributed by atoms with Crippen LogP contribution >= 0.6 is 0 Å². The van der Waals surface area contributed by atoms with Crippen LogP contribution in [0.3, 0.4) is 0 Å². The Labute approximate surface area is 229 Å². The smallest absolute Gasteiger partial charge is 0.407 e. The molecule has 3 atom stereocenters. The minimum atomic E-state index is -1.03. The van der Waals surface area contributed by atoms with Crippen molar-refractivity contribution < 1.29 is 14.3 Å². The number of benzene rings is 1. The molecule has 0 bridgehead atoms. The molecule has 1 fully saturated rings. The lowest BCUT2D eigenvalue weighted by Crippen LogP contribution is -2.51. The van der Waals surface area contributed by atoms with Crippen molar-refractivity contribution in [3.05, 3.63) is 58.9 Å². The number of anilines is 1. The normalized spacial score (nSPS) is 21.6. The van der Waals surface area contributed by atoms with E-state index in [9.17, 15) is 9.59 Å². The van der Waals surface area contributed by atoms with Crippen LogP contribution in [0.15, 0.2) is 36.5 Å². The largest absolute Gasteiger partial charge is 0.444 e. The van der Waals surface area contributed by atoms with Gasteiger partial charge in [-0.2, -0.15) is 5.10 Å². The van der Waals surface area contributed by atoms with Gasteiger partial charge in [-0.15, -0.1) is 0 Å². The van der Waals surface area contributed by atoms with Crippen molar-refractivity contribution in [3.8, 4) is 0 Å². The third kappa shape index (κ3) is 5.17. The van der Waals surface area contributed by atoms with Crippen molar-refractivity contribution in [1.29, 1.82) is 0 Å². The molecule has 39 heavy (non-hydrogen) atoms. The molecule has 1 aliphatic carbocycles. The molecule has 0 radical (unpaired) electrons. The Kier molecular flexibility index (Phi) is 6.78. The van der Waals surface area contributed by atoms with Gasteiger partial charge in [0.25, 0.3) is 0 Å². The number of ether oxygens (including phenoxy) is 1. The van der Waals surface area contributed by atoms with Gasteiger partial charge in [-0.1, -0.05) is 24.3 Å². The molecule has 3 aromatic rings. The summed E-state index contributed by atoms with van der Waals surface area (Å²) in [6.07, 6.45) is 3.76. The molecule has 0 spiro atoms. The van der Waals surface area contributed by atoms with Crippen LogP contribution in [-0.4, -0.2) is 63.3 Å². The van der Waals surface area contributed by atoms with Crippen LogP contribution in [0.4, 0.5) is 10.6 Å². The molecular formula is C29H39N7O3. The molecular weight excluding hydrogens is 494 g/mol. The van der Waals surface area contributed by atoms with Gasteiger partial charge in [0.15, 0.2) is 5.65 Å². The Bertz CT molecular complexity index is 1410. The molecule has 2 aliphatic rings. The molecule has 1 aromatic carbocycles. The van der Waals surface area contributed by atoms with E-state index in [1.165, 1.54) is 0 Å². The highest BCUT2D eigenvalue weighted by atomic mass is 16.6. The first kappa shape index (κ1) is 26.9. The second-order valence-corrected chi connectivity index (χ2v) is 11.9. The lowest BCUT2D eigenvalue weighted by molar-refractivity contribution is -0.138. The van der Waals surface area contributed by atoms with E-state index >= 15 is 0 Å². The third-order valence-corrected chi connectivity index (χ3v) is 7.83. The Morgan fingerprint density at radius 3 is 2.77 bits per heavy atom. The standard InChI is InChI=1S/C29H39N7O3/c1-18-16-36-24(32-25(18)35-14-12-21(17-35)31-27(38)39-28(3,4)5)15-23(33-36)19(2)34(6)26(37)29(30)13-11-20-9-7-8-10-22(20)29/h7-10,15-16,19,21H,11-14,17,30H2,1-6H3,(H,31,38)/t19-,21-,29?/m0/s1. The van der Waals surface area contributed by atoms with E-state index in [-0.39, 0.29) is 18.0 Å². The summed E-state index contributed by atoms with van der Waals surface area (Å²) in [6.45, 7) is 11.0. The van der Waals surface area contributed by atoms with Crippen molar-refractivity contribution in [2.75, 3.05) is 25.0 Å². The lowest BCUT2D eigenvalue weighted by atomic mass is 9.91. The Morgan fingerprint density at radius 2 is 2.03 bits per heavy atom. The van der Waals surface area contributed by atoms with E-state index in [1.807, 2.05) is 71.1 Å². The number of carbonyl (C=O) groups is 2. The number of nitrogens with two attached hydrogens (primary N) is 1. The molecule has 1 saturated heterocycles. The monoisotopic (exact) mass is 533 g/mol. The average Bonchev–Trinajstić information content (AvgIpc) is 3.59. The van der Waals surface area contributed by atoms with Gasteiger partial charge in [0.05, 0.1) is 17.8 Å². The maximum Gasteiger partial charge on any atom is 0.407 e. The minimum Gasteiger partial charge on any atom is -0.444 e. The summed E-state index contributed by atoms with van der Waals surface area (Å²) in [5.74, 6) is 0.755. The first-order valence-electron chi connectivity index (χ1n) is 13.6. The molecule has 2 aromatic heterocycles. The SMILES string of the molecule is Cc1cn2nc([C@H](C)N(C)C(=O)C3(N)CCc4ccccc43)cc2nc1N1CC[C@H](NC(=O)OC(C)(C)C)C1. The van der Waals surface area contributed by atoms with Gasteiger partial charge in [-0.25, -0.2) is 14.3 Å². The molecule has 1 unspecified atom stereocenters. The van der Waals surface area contributed by atoms with E-state index in [4.69, 9.17) is 20.6 Å². The van der Waals surface area contributed by atoms with Gasteiger partial charge in [-0.05, 0) is 65.0 Å². The summed E-state index contributed by atoms with van der Waals surface area (Å²) >= 11 is 0. The summed E-state index contributed by atoms with van der Waals surface area (Å²) in [5, 5.41) is 7.72. The molecule has 10 heteroatoms. The number of fused-ring (bicyclic) bond motifs is 2. The van der Waals surface area contributed by atoms with Crippen LogP contribution in [0, 0.1) is 6.92 Å². The van der Waals surface area contributed by atoms with E-state index in [0.717, 1.165) is 47.6 Å². The zero-order chi connectivity index (χ0) is 28.1. The van der Waals surface area contributed by atoms with Crippen LogP contribution < -0.4 is 16.0 Å². The van der Waals surface area contributed by atoms with Gasteiger partial charge in [0.1, 0.15) is 17.0 Å². The number of rotatable bonds is 5. The maximum atomic E-state index is 13.6. The highest BCUT2D eigenvalue weighted by Crippen LogP contribution is 2.37. The Morgan fingerprint density at radius 1 is 1.28 bits per heavy atom. The van der Waals surface area contributed by atoms with Gasteiger partial charge < -0.3 is 25.6 Å². The minimum absolute atomic E-state index is 0.0123. The number of nitrogens with zero attached hydrogens (tertiary/aromatic N) is 5. The molecule has 3 heterocycles. The highest BCUT2D eigenvalue weighted by molar-refractivity contribution is 5.89. The molecule has 0 saturated carbocycles. The quantitative estimate of drug-likeness (QED) is 0.516. The zero-order valence-electron chi connectivity index (χ0n) is 23.7. The predicted octanol–water partition coefficient (Wildman–Crippen LogP) is 3.46. The van der Waals surface area contributed by atoms with Crippen LogP contribution in [0.25, 0.3) is 5.65 Å². The van der Waals surface area contributed by atoms with Crippen LogP contribution in [-0.2, 0) is 21.5 Å². The number of hydrogen-bond acceptors (Lipinski definition) is 7. The summed E-state index contributed by atoms with van der Waals surface area (Å²) in [5.41, 5.74) is 9.64. The third-order valence-electron chi connectivity index (χ3n) is 7.83. The number of aromatic nitrogens is 3. The maximum absolute atomic E-state index is 13.6. The highest BCUT2D eigenvalue weighted by Gasteiger charge is 2.44. The van der Waals surface area contributed by atoms with Gasteiger partial charge in [0, 0.05) is 38.0 Å². The fraction of sp³-hybridized carbons (Fsp3) is 0.517. The number of aryl methyl sites for hydroxylation is 2. The summed E-state index contributed by atoms with van der Waals surface area (Å²) in [4.78, 5) is 34.6. The fourth-order valence-electron chi connectivity index (χ4n) is 5.64. The van der Waals surface area contributed by atoms with Crippen molar-refractivity contribution in [3.63, 3.8) is 0 Å². The second kappa shape index (κ2) is 9.82. The second-order valence-electron chi connectivity index (χ2n) is 11.9. The molecule has 1 aliphatic heterocycles. The van der Waals surface area contributed by atoms with Crippen LogP contribution in [0.2, 0.25) is 0 Å². The predicted molar refractivity (Wildman–Crippen MR) is 150 cm³/mol. The van der Waals surface area contributed by atoms with Crippen molar-refractivity contribution >= 4 is 23.5 Å². The number of likely N-dealkylation sites (N-methyl/N-ethyl adjacent to an activating group) is 1. The van der Waals surface area contributed by atoms with E-state index in [1.54, 1.807) is 16.5 Å². The van der Waals surface area contributed by atoms with Crippen molar-refractivity contribution in [2.45, 2.75) is 77.1 Å². The zero-order valence-corrected chi connectivity index (χ0v) is 23.7. The van der Waals surface area contributed by atoms with E-state index in [0.29, 0.717) is 18.6 Å². The number of nitrogens with one attached hydrogen (secondary N) is 1. The van der Waals surface area contributed by atoms with Crippen LogP contribution in [0.1, 0.15) is 69.0 Å². The molecule has 5 rings (SSSR count). The Balaban J connectivity index is 1.31. The van der Waals surface area contributed by atoms with Crippen molar-refractivity contribution in [2.24, 2.45) is 5.73 Å². The summed E-state index contributed by atoms with van der Waals surface area (Å²) in [6, 6.07) is 9.56. The number of hydrogen-bond donors (Lipinski definition) is 2. The number of alkyl carbamates (subject to hydrolysis) is 1. The number of amides is 2. The van der Waals surface area contributed by atoms with Gasteiger partial charge >= 0.3 is 6.09 Å². The van der Waals surface area contributed by atoms with E-state index < -0.39 is 17.2 Å². The summed E-state index contributed by atoms with van der Waals surface area (Å²) < 4.78 is 7.17. The molecule has 208 valence electrons. The lowest BCUT2D eigenvalue weighted by Gasteiger charge is -2.33. The molecule has 2 amide bonds. The first-order chi connectivity index (χ1) is 18.4. The fourth-order valence-corrected chi connectivity index (χ4v) is 5.64.